The second-order valence-electron chi connectivity index (χ2n) is 7.96. The van der Waals surface area contributed by atoms with E-state index in [9.17, 15) is 9.59 Å². The van der Waals surface area contributed by atoms with Gasteiger partial charge in [-0.2, -0.15) is 5.10 Å². The lowest BCUT2D eigenvalue weighted by Crippen LogP contribution is -2.42. The van der Waals surface area contributed by atoms with E-state index in [1.54, 1.807) is 28.0 Å². The molecule has 0 saturated carbocycles. The van der Waals surface area contributed by atoms with Gasteiger partial charge in [-0.1, -0.05) is 13.8 Å². The van der Waals surface area contributed by atoms with Crippen LogP contribution in [0, 0.1) is 11.8 Å². The van der Waals surface area contributed by atoms with E-state index >= 15 is 0 Å². The van der Waals surface area contributed by atoms with E-state index in [1.165, 1.54) is 0 Å². The highest BCUT2D eigenvalue weighted by molar-refractivity contribution is 5.94. The zero-order valence-corrected chi connectivity index (χ0v) is 16.9. The minimum absolute atomic E-state index is 0.0338. The fourth-order valence-corrected chi connectivity index (χ4v) is 3.56. The number of anilines is 1. The first kappa shape index (κ1) is 20.0. The standard InChI is InChI=1S/C21H29N5O2/c1-15(2)9-19(27)18-5-4-8-26(14-18)21(28)17-6-7-20(23-12-17)22-10-16-11-24-25(3)13-16/h6-7,11-13,15,18H,4-5,8-10,14H2,1-3H3,(H,22,23). The van der Waals surface area contributed by atoms with Crippen LogP contribution in [0.25, 0.3) is 0 Å². The first-order chi connectivity index (χ1) is 13.4. The van der Waals surface area contributed by atoms with Crippen molar-refractivity contribution in [2.75, 3.05) is 18.4 Å². The highest BCUT2D eigenvalue weighted by Gasteiger charge is 2.29. The zero-order chi connectivity index (χ0) is 20.1. The smallest absolute Gasteiger partial charge is 0.255 e. The Bertz CT molecular complexity index is 812. The summed E-state index contributed by atoms with van der Waals surface area (Å²) in [7, 11) is 1.88. The molecule has 0 radical (unpaired) electrons. The van der Waals surface area contributed by atoms with E-state index in [0.717, 1.165) is 18.4 Å². The highest BCUT2D eigenvalue weighted by Crippen LogP contribution is 2.22. The zero-order valence-electron chi connectivity index (χ0n) is 16.9. The molecule has 1 atom stereocenters. The van der Waals surface area contributed by atoms with Gasteiger partial charge >= 0.3 is 0 Å². The van der Waals surface area contributed by atoms with Crippen molar-refractivity contribution in [3.05, 3.63) is 41.9 Å². The van der Waals surface area contributed by atoms with Crippen LogP contribution >= 0.6 is 0 Å². The van der Waals surface area contributed by atoms with Crippen LogP contribution < -0.4 is 5.32 Å². The second-order valence-corrected chi connectivity index (χ2v) is 7.96. The summed E-state index contributed by atoms with van der Waals surface area (Å²) >= 11 is 0. The number of aryl methyl sites for hydroxylation is 1. The molecule has 0 aliphatic carbocycles. The summed E-state index contributed by atoms with van der Waals surface area (Å²) in [6.45, 7) is 5.95. The molecule has 2 aromatic rings. The van der Waals surface area contributed by atoms with Crippen LogP contribution in [0.5, 0.6) is 0 Å². The Hall–Kier alpha value is -2.70. The van der Waals surface area contributed by atoms with Gasteiger partial charge in [0, 0.05) is 57.0 Å². The van der Waals surface area contributed by atoms with Crippen LogP contribution in [0.2, 0.25) is 0 Å². The van der Waals surface area contributed by atoms with Crippen LogP contribution in [0.15, 0.2) is 30.7 Å². The van der Waals surface area contributed by atoms with E-state index in [0.29, 0.717) is 43.4 Å². The van der Waals surface area contributed by atoms with Crippen LogP contribution in [-0.2, 0) is 18.4 Å². The van der Waals surface area contributed by atoms with Crippen LogP contribution in [0.1, 0.15) is 49.0 Å². The van der Waals surface area contributed by atoms with Crippen LogP contribution in [-0.4, -0.2) is 44.4 Å². The van der Waals surface area contributed by atoms with Gasteiger partial charge in [-0.25, -0.2) is 4.98 Å². The number of Topliss-reactive ketones (excluding diaryl/α,β-unsaturated/α-hetero) is 1. The van der Waals surface area contributed by atoms with Crippen molar-refractivity contribution in [1.29, 1.82) is 0 Å². The third kappa shape index (κ3) is 5.18. The fraction of sp³-hybridized carbons (Fsp3) is 0.524. The molecule has 1 amide bonds. The van der Waals surface area contributed by atoms with Gasteiger partial charge in [0.15, 0.2) is 0 Å². The maximum atomic E-state index is 12.8. The second kappa shape index (κ2) is 8.99. The number of aromatic nitrogens is 3. The molecule has 7 heteroatoms. The molecule has 150 valence electrons. The lowest BCUT2D eigenvalue weighted by molar-refractivity contribution is -0.124. The van der Waals surface area contributed by atoms with Gasteiger partial charge in [-0.05, 0) is 30.9 Å². The molecule has 0 aromatic carbocycles. The number of carbonyl (C=O) groups is 2. The quantitative estimate of drug-likeness (QED) is 0.795. The van der Waals surface area contributed by atoms with E-state index in [2.05, 4.69) is 29.2 Å². The first-order valence-electron chi connectivity index (χ1n) is 9.92. The van der Waals surface area contributed by atoms with E-state index in [4.69, 9.17) is 0 Å². The molecule has 3 rings (SSSR count). The summed E-state index contributed by atoms with van der Waals surface area (Å²) in [5, 5.41) is 7.36. The Morgan fingerprint density at radius 3 is 2.75 bits per heavy atom. The van der Waals surface area contributed by atoms with Crippen molar-refractivity contribution in [2.45, 2.75) is 39.7 Å². The molecule has 28 heavy (non-hydrogen) atoms. The van der Waals surface area contributed by atoms with Gasteiger partial charge in [0.05, 0.1) is 11.8 Å². The van der Waals surface area contributed by atoms with Gasteiger partial charge in [-0.15, -0.1) is 0 Å². The monoisotopic (exact) mass is 383 g/mol. The molecule has 0 spiro atoms. The number of nitrogens with zero attached hydrogens (tertiary/aromatic N) is 4. The Labute approximate surface area is 166 Å². The molecule has 1 unspecified atom stereocenters. The molecule has 7 nitrogen and oxygen atoms in total. The third-order valence-electron chi connectivity index (χ3n) is 5.02. The molecule has 1 N–H and O–H groups in total. The molecular formula is C21H29N5O2. The fourth-order valence-electron chi connectivity index (χ4n) is 3.56. The van der Waals surface area contributed by atoms with Crippen molar-refractivity contribution >= 4 is 17.5 Å². The Morgan fingerprint density at radius 1 is 1.29 bits per heavy atom. The lowest BCUT2D eigenvalue weighted by atomic mass is 9.89. The van der Waals surface area contributed by atoms with Crippen molar-refractivity contribution in [2.24, 2.45) is 18.9 Å². The number of amides is 1. The number of hydrogen-bond donors (Lipinski definition) is 1. The van der Waals surface area contributed by atoms with Gasteiger partial charge < -0.3 is 10.2 Å². The summed E-state index contributed by atoms with van der Waals surface area (Å²) < 4.78 is 1.75. The number of likely N-dealkylation sites (tertiary alicyclic amines) is 1. The number of piperidine rings is 1. The summed E-state index contributed by atoms with van der Waals surface area (Å²) in [5.41, 5.74) is 1.62. The summed E-state index contributed by atoms with van der Waals surface area (Å²) in [4.78, 5) is 31.4. The largest absolute Gasteiger partial charge is 0.366 e. The minimum atomic E-state index is -0.0478. The average molecular weight is 383 g/mol. The first-order valence-corrected chi connectivity index (χ1v) is 9.92. The molecule has 1 fully saturated rings. The van der Waals surface area contributed by atoms with Gasteiger partial charge in [0.25, 0.3) is 5.91 Å². The lowest BCUT2D eigenvalue weighted by Gasteiger charge is -2.32. The number of carbonyl (C=O) groups excluding carboxylic acids is 2. The normalized spacial score (nSPS) is 17.0. The molecule has 1 aliphatic rings. The predicted octanol–water partition coefficient (Wildman–Crippen LogP) is 2.89. The number of hydrogen-bond acceptors (Lipinski definition) is 5. The van der Waals surface area contributed by atoms with Crippen LogP contribution in [0.3, 0.4) is 0 Å². The van der Waals surface area contributed by atoms with Crippen molar-refractivity contribution in [3.8, 4) is 0 Å². The average Bonchev–Trinajstić information content (AvgIpc) is 3.11. The Morgan fingerprint density at radius 2 is 2.11 bits per heavy atom. The van der Waals surface area contributed by atoms with Crippen molar-refractivity contribution in [3.63, 3.8) is 0 Å². The maximum Gasteiger partial charge on any atom is 0.255 e. The Kier molecular flexibility index (Phi) is 6.44. The SMILES string of the molecule is CC(C)CC(=O)C1CCCN(C(=O)c2ccc(NCc3cnn(C)c3)nc2)C1. The Balaban J connectivity index is 1.56. The van der Waals surface area contributed by atoms with Crippen molar-refractivity contribution < 1.29 is 9.59 Å². The number of rotatable bonds is 7. The number of nitrogens with one attached hydrogen (secondary N) is 1. The molecule has 1 saturated heterocycles. The van der Waals surface area contributed by atoms with E-state index in [1.807, 2.05) is 19.3 Å². The summed E-state index contributed by atoms with van der Waals surface area (Å²) in [6.07, 6.45) is 7.69. The molecule has 1 aliphatic heterocycles. The van der Waals surface area contributed by atoms with Crippen molar-refractivity contribution in [1.82, 2.24) is 19.7 Å². The molecular weight excluding hydrogens is 354 g/mol. The van der Waals surface area contributed by atoms with Gasteiger partial charge in [0.2, 0.25) is 0 Å². The number of ketones is 1. The third-order valence-corrected chi connectivity index (χ3v) is 5.02. The van der Waals surface area contributed by atoms with E-state index in [-0.39, 0.29) is 17.6 Å². The van der Waals surface area contributed by atoms with E-state index < -0.39 is 0 Å². The van der Waals surface area contributed by atoms with Crippen LogP contribution in [0.4, 0.5) is 5.82 Å². The van der Waals surface area contributed by atoms with Gasteiger partial charge in [0.1, 0.15) is 11.6 Å². The maximum absolute atomic E-state index is 12.8. The van der Waals surface area contributed by atoms with Gasteiger partial charge in [-0.3, -0.25) is 14.3 Å². The molecule has 2 aromatic heterocycles. The summed E-state index contributed by atoms with van der Waals surface area (Å²) in [5.74, 6) is 1.26. The molecule has 0 bridgehead atoms. The summed E-state index contributed by atoms with van der Waals surface area (Å²) in [6, 6.07) is 3.61. The topological polar surface area (TPSA) is 80.1 Å². The molecule has 3 heterocycles. The highest BCUT2D eigenvalue weighted by atomic mass is 16.2. The minimum Gasteiger partial charge on any atom is -0.366 e. The number of pyridine rings is 1. The predicted molar refractivity (Wildman–Crippen MR) is 108 cm³/mol.